The first kappa shape index (κ1) is 20.3. The zero-order chi connectivity index (χ0) is 23.2. The van der Waals surface area contributed by atoms with Crippen molar-refractivity contribution in [1.82, 2.24) is 34.9 Å². The van der Waals surface area contributed by atoms with Gasteiger partial charge in [-0.15, -0.1) is 0 Å². The molecule has 1 unspecified atom stereocenters. The Morgan fingerprint density at radius 2 is 1.97 bits per heavy atom. The Morgan fingerprint density at radius 3 is 2.71 bits per heavy atom. The number of benzene rings is 1. The van der Waals surface area contributed by atoms with E-state index in [1.165, 1.54) is 6.34 Å². The first-order valence-electron chi connectivity index (χ1n) is 11.1. The number of anilines is 1. The summed E-state index contributed by atoms with van der Waals surface area (Å²) < 4.78 is 1.68. The standard InChI is InChI=1S/C24H23N9O/c1-31-23(27-14-29-31)24(34)32-10-9-17-20(13-32)30-22-18(12-28-33(22)21(17)25)16-7-8-19(26-11-16)15-5-3-2-4-6-15/h2-8,11-12,14,23H,9-10,13,25H2,1H3,(H,27,29). The summed E-state index contributed by atoms with van der Waals surface area (Å²) in [7, 11) is 1.79. The molecule has 0 saturated heterocycles. The Bertz CT molecular complexity index is 1410. The van der Waals surface area contributed by atoms with Crippen LogP contribution in [-0.4, -0.2) is 61.5 Å². The van der Waals surface area contributed by atoms with Gasteiger partial charge < -0.3 is 16.1 Å². The largest absolute Gasteiger partial charge is 0.383 e. The molecule has 5 heterocycles. The molecule has 1 amide bonds. The number of nitrogen functional groups attached to an aromatic ring is 1. The Morgan fingerprint density at radius 1 is 1.12 bits per heavy atom. The Balaban J connectivity index is 1.34. The molecule has 2 aliphatic heterocycles. The molecule has 170 valence electrons. The maximum absolute atomic E-state index is 13.0. The van der Waals surface area contributed by atoms with Gasteiger partial charge in [0.05, 0.1) is 30.5 Å². The number of amides is 1. The molecule has 0 bridgehead atoms. The Hall–Kier alpha value is -4.31. The topological polar surface area (TPSA) is 117 Å². The van der Waals surface area contributed by atoms with Gasteiger partial charge in [0.25, 0.3) is 5.91 Å². The van der Waals surface area contributed by atoms with Gasteiger partial charge in [-0.25, -0.2) is 9.98 Å². The Labute approximate surface area is 195 Å². The summed E-state index contributed by atoms with van der Waals surface area (Å²) in [6.45, 7) is 0.937. The van der Waals surface area contributed by atoms with Gasteiger partial charge in [0.15, 0.2) is 11.8 Å². The van der Waals surface area contributed by atoms with Gasteiger partial charge >= 0.3 is 0 Å². The van der Waals surface area contributed by atoms with Crippen LogP contribution in [0.2, 0.25) is 0 Å². The smallest absolute Gasteiger partial charge is 0.264 e. The fourth-order valence-corrected chi connectivity index (χ4v) is 4.49. The minimum absolute atomic E-state index is 0.0657. The highest BCUT2D eigenvalue weighted by Crippen LogP contribution is 2.30. The van der Waals surface area contributed by atoms with Crippen LogP contribution in [-0.2, 0) is 17.8 Å². The third-order valence-corrected chi connectivity index (χ3v) is 6.36. The van der Waals surface area contributed by atoms with Crippen LogP contribution < -0.4 is 11.2 Å². The van der Waals surface area contributed by atoms with E-state index in [4.69, 9.17) is 10.7 Å². The van der Waals surface area contributed by atoms with E-state index in [1.54, 1.807) is 27.7 Å². The first-order valence-corrected chi connectivity index (χ1v) is 11.1. The molecular formula is C24H23N9O. The van der Waals surface area contributed by atoms with Crippen LogP contribution in [0.5, 0.6) is 0 Å². The minimum atomic E-state index is -0.567. The predicted molar refractivity (Wildman–Crippen MR) is 128 cm³/mol. The molecule has 4 aromatic rings. The van der Waals surface area contributed by atoms with Crippen molar-refractivity contribution in [2.24, 2.45) is 4.99 Å². The van der Waals surface area contributed by atoms with E-state index in [2.05, 4.69) is 20.5 Å². The number of fused-ring (bicyclic) bond motifs is 2. The van der Waals surface area contributed by atoms with E-state index < -0.39 is 6.17 Å². The number of aromatic nitrogens is 4. The third kappa shape index (κ3) is 3.27. The lowest BCUT2D eigenvalue weighted by atomic mass is 10.0. The van der Waals surface area contributed by atoms with Gasteiger partial charge in [0.2, 0.25) is 0 Å². The molecule has 10 nitrogen and oxygen atoms in total. The molecule has 2 aliphatic rings. The summed E-state index contributed by atoms with van der Waals surface area (Å²) in [6, 6.07) is 14.0. The molecular weight excluding hydrogens is 430 g/mol. The van der Waals surface area contributed by atoms with Crippen molar-refractivity contribution in [3.63, 3.8) is 0 Å². The maximum Gasteiger partial charge on any atom is 0.264 e. The van der Waals surface area contributed by atoms with Crippen LogP contribution in [0.1, 0.15) is 11.3 Å². The van der Waals surface area contributed by atoms with Crippen molar-refractivity contribution < 1.29 is 4.79 Å². The van der Waals surface area contributed by atoms with Crippen molar-refractivity contribution in [2.45, 2.75) is 19.1 Å². The second-order valence-electron chi connectivity index (χ2n) is 8.42. The summed E-state index contributed by atoms with van der Waals surface area (Å²) in [5.74, 6) is 0.494. The summed E-state index contributed by atoms with van der Waals surface area (Å²) in [4.78, 5) is 28.5. The number of hydrogen-bond acceptors (Lipinski definition) is 8. The van der Waals surface area contributed by atoms with Crippen LogP contribution >= 0.6 is 0 Å². The highest BCUT2D eigenvalue weighted by Gasteiger charge is 2.33. The lowest BCUT2D eigenvalue weighted by molar-refractivity contribution is -0.137. The minimum Gasteiger partial charge on any atom is -0.383 e. The Kier molecular flexibility index (Phi) is 4.73. The highest BCUT2D eigenvalue weighted by molar-refractivity contribution is 5.85. The van der Waals surface area contributed by atoms with Crippen LogP contribution in [0.15, 0.2) is 59.9 Å². The van der Waals surface area contributed by atoms with E-state index in [1.807, 2.05) is 48.7 Å². The number of nitrogens with two attached hydrogens (primary N) is 1. The fraction of sp³-hybridized carbons (Fsp3) is 0.208. The summed E-state index contributed by atoms with van der Waals surface area (Å²) in [6.07, 6.45) is 5.18. The molecule has 0 fully saturated rings. The average Bonchev–Trinajstić information content (AvgIpc) is 3.50. The number of hydrazine groups is 1. The van der Waals surface area contributed by atoms with E-state index in [-0.39, 0.29) is 5.91 Å². The van der Waals surface area contributed by atoms with Crippen molar-refractivity contribution >= 4 is 23.7 Å². The summed E-state index contributed by atoms with van der Waals surface area (Å²) >= 11 is 0. The van der Waals surface area contributed by atoms with Gasteiger partial charge in [0, 0.05) is 42.0 Å². The molecule has 10 heteroatoms. The lowest BCUT2D eigenvalue weighted by Gasteiger charge is -2.31. The SMILES string of the molecule is CN1NC=NC1C(=O)N1CCc2c(nc3c(-c4ccc(-c5ccccc5)nc4)cnn3c2N)C1. The molecule has 6 rings (SSSR count). The van der Waals surface area contributed by atoms with Gasteiger partial charge in [-0.1, -0.05) is 36.4 Å². The quantitative estimate of drug-likeness (QED) is 0.485. The predicted octanol–water partition coefficient (Wildman–Crippen LogP) is 1.73. The summed E-state index contributed by atoms with van der Waals surface area (Å²) in [5, 5.41) is 6.18. The molecule has 34 heavy (non-hydrogen) atoms. The lowest BCUT2D eigenvalue weighted by Crippen LogP contribution is -2.48. The fourth-order valence-electron chi connectivity index (χ4n) is 4.49. The van der Waals surface area contributed by atoms with Crippen molar-refractivity contribution in [2.75, 3.05) is 19.3 Å². The third-order valence-electron chi connectivity index (χ3n) is 6.36. The number of pyridine rings is 1. The van der Waals surface area contributed by atoms with Gasteiger partial charge in [0.1, 0.15) is 5.82 Å². The van der Waals surface area contributed by atoms with E-state index in [9.17, 15) is 4.79 Å². The number of nitrogens with one attached hydrogen (secondary N) is 1. The number of rotatable bonds is 3. The molecule has 3 N–H and O–H groups in total. The highest BCUT2D eigenvalue weighted by atomic mass is 16.2. The van der Waals surface area contributed by atoms with Gasteiger partial charge in [-0.2, -0.15) is 14.6 Å². The molecule has 0 spiro atoms. The molecule has 0 aliphatic carbocycles. The van der Waals surface area contributed by atoms with Crippen molar-refractivity contribution in [3.8, 4) is 22.4 Å². The van der Waals surface area contributed by atoms with E-state index >= 15 is 0 Å². The molecule has 3 aromatic heterocycles. The van der Waals surface area contributed by atoms with Gasteiger partial charge in [-0.3, -0.25) is 9.78 Å². The van der Waals surface area contributed by atoms with Crippen LogP contribution in [0.3, 0.4) is 0 Å². The molecule has 1 atom stereocenters. The first-order chi connectivity index (χ1) is 16.6. The normalized spacial score (nSPS) is 17.7. The number of carbonyl (C=O) groups is 1. The zero-order valence-electron chi connectivity index (χ0n) is 18.6. The van der Waals surface area contributed by atoms with Crippen LogP contribution in [0.4, 0.5) is 5.82 Å². The number of nitrogens with zero attached hydrogens (tertiary/aromatic N) is 7. The molecule has 1 aromatic carbocycles. The summed E-state index contributed by atoms with van der Waals surface area (Å²) in [5.41, 5.74) is 15.5. The maximum atomic E-state index is 13.0. The van der Waals surface area contributed by atoms with Crippen molar-refractivity contribution in [3.05, 3.63) is 66.1 Å². The average molecular weight is 454 g/mol. The van der Waals surface area contributed by atoms with E-state index in [0.29, 0.717) is 31.0 Å². The van der Waals surface area contributed by atoms with E-state index in [0.717, 1.165) is 33.6 Å². The molecule has 0 saturated carbocycles. The number of aliphatic imine (C=N–C) groups is 1. The van der Waals surface area contributed by atoms with Crippen molar-refractivity contribution in [1.29, 1.82) is 0 Å². The van der Waals surface area contributed by atoms with Gasteiger partial charge in [-0.05, 0) is 12.5 Å². The van der Waals surface area contributed by atoms with Crippen LogP contribution in [0, 0.1) is 0 Å². The monoisotopic (exact) mass is 453 g/mol. The zero-order valence-corrected chi connectivity index (χ0v) is 18.6. The number of carbonyl (C=O) groups excluding carboxylic acids is 1. The second-order valence-corrected chi connectivity index (χ2v) is 8.42. The number of hydrogen-bond donors (Lipinski definition) is 2. The van der Waals surface area contributed by atoms with Crippen LogP contribution in [0.25, 0.3) is 28.0 Å². The molecule has 0 radical (unpaired) electrons. The second kappa shape index (κ2) is 7.92. The number of likely N-dealkylation sites (N-methyl/N-ethyl adjacent to an activating group) is 1.